The number of benzene rings is 2. The standard InChI is InChI=1S/C29H30O8/c1-13(2)16-9-7-11-18-23(30)21(28(33)36-25(16)18)20(27(32)35-15(5)6)22-24(31)19-12-8-10-17(14(3)4)26(19)37-29(22)34/h7-15,20,30-31H,1-6H3. The van der Waals surface area contributed by atoms with E-state index in [1.54, 1.807) is 50.2 Å². The molecule has 0 aliphatic carbocycles. The number of carbonyl (C=O) groups is 1. The number of hydrogen-bond donors (Lipinski definition) is 2. The normalized spacial score (nSPS) is 11.9. The molecule has 0 atom stereocenters. The summed E-state index contributed by atoms with van der Waals surface area (Å²) >= 11 is 0. The van der Waals surface area contributed by atoms with Crippen LogP contribution in [-0.4, -0.2) is 22.3 Å². The third-order valence-electron chi connectivity index (χ3n) is 6.35. The minimum absolute atomic E-state index is 0.0227. The van der Waals surface area contributed by atoms with E-state index in [9.17, 15) is 24.6 Å². The van der Waals surface area contributed by atoms with Crippen LogP contribution in [0.3, 0.4) is 0 Å². The highest BCUT2D eigenvalue weighted by Crippen LogP contribution is 2.41. The van der Waals surface area contributed by atoms with Gasteiger partial charge in [-0.3, -0.25) is 4.79 Å². The SMILES string of the molecule is CC(C)OC(=O)C(c1c(O)c2cccc(C(C)C)c2oc1=O)c1c(O)c2cccc(C(C)C)c2oc1=O. The van der Waals surface area contributed by atoms with Crippen LogP contribution in [0.2, 0.25) is 0 Å². The van der Waals surface area contributed by atoms with Crippen molar-refractivity contribution in [3.8, 4) is 11.5 Å². The summed E-state index contributed by atoms with van der Waals surface area (Å²) in [7, 11) is 0. The second-order valence-corrected chi connectivity index (χ2v) is 9.98. The van der Waals surface area contributed by atoms with Crippen molar-refractivity contribution >= 4 is 27.9 Å². The first-order valence-corrected chi connectivity index (χ1v) is 12.2. The van der Waals surface area contributed by atoms with Crippen molar-refractivity contribution in [3.05, 3.63) is 79.5 Å². The van der Waals surface area contributed by atoms with Crippen molar-refractivity contribution < 1.29 is 28.6 Å². The molecule has 8 nitrogen and oxygen atoms in total. The molecule has 4 aromatic rings. The van der Waals surface area contributed by atoms with E-state index in [4.69, 9.17) is 13.6 Å². The van der Waals surface area contributed by atoms with Crippen molar-refractivity contribution in [2.24, 2.45) is 0 Å². The summed E-state index contributed by atoms with van der Waals surface area (Å²) in [6.45, 7) is 10.8. The van der Waals surface area contributed by atoms with Crippen LogP contribution in [0, 0.1) is 0 Å². The molecule has 4 rings (SSSR count). The highest BCUT2D eigenvalue weighted by Gasteiger charge is 2.38. The molecule has 0 saturated heterocycles. The fourth-order valence-corrected chi connectivity index (χ4v) is 4.59. The minimum atomic E-state index is -1.80. The molecule has 2 aromatic carbocycles. The Morgan fingerprint density at radius 2 is 1.14 bits per heavy atom. The predicted octanol–water partition coefficient (Wildman–Crippen LogP) is 5.64. The summed E-state index contributed by atoms with van der Waals surface area (Å²) in [6, 6.07) is 10.0. The lowest BCUT2D eigenvalue weighted by Gasteiger charge is -2.20. The molecule has 194 valence electrons. The van der Waals surface area contributed by atoms with Gasteiger partial charge in [0.2, 0.25) is 0 Å². The number of aromatic hydroxyl groups is 2. The van der Waals surface area contributed by atoms with Crippen LogP contribution in [-0.2, 0) is 9.53 Å². The van der Waals surface area contributed by atoms with E-state index in [0.717, 1.165) is 0 Å². The van der Waals surface area contributed by atoms with Gasteiger partial charge in [-0.25, -0.2) is 9.59 Å². The molecule has 0 bridgehead atoms. The van der Waals surface area contributed by atoms with E-state index in [0.29, 0.717) is 11.1 Å². The first-order valence-electron chi connectivity index (χ1n) is 12.2. The van der Waals surface area contributed by atoms with E-state index < -0.39 is 51.9 Å². The molecule has 0 fully saturated rings. The van der Waals surface area contributed by atoms with Crippen LogP contribution in [0.4, 0.5) is 0 Å². The van der Waals surface area contributed by atoms with Crippen LogP contribution < -0.4 is 11.3 Å². The molecule has 0 aliphatic heterocycles. The van der Waals surface area contributed by atoms with Crippen molar-refractivity contribution in [2.45, 2.75) is 65.4 Å². The quantitative estimate of drug-likeness (QED) is 0.254. The van der Waals surface area contributed by atoms with Gasteiger partial charge >= 0.3 is 17.2 Å². The van der Waals surface area contributed by atoms with Gasteiger partial charge in [0.25, 0.3) is 0 Å². The molecule has 2 heterocycles. The van der Waals surface area contributed by atoms with E-state index in [1.165, 1.54) is 0 Å². The van der Waals surface area contributed by atoms with E-state index in [2.05, 4.69) is 0 Å². The van der Waals surface area contributed by atoms with Crippen molar-refractivity contribution in [1.29, 1.82) is 0 Å². The number of esters is 1. The Balaban J connectivity index is 2.10. The molecule has 0 saturated carbocycles. The second-order valence-electron chi connectivity index (χ2n) is 9.98. The Labute approximate surface area is 213 Å². The van der Waals surface area contributed by atoms with E-state index in [1.807, 2.05) is 27.7 Å². The number of para-hydroxylation sites is 2. The maximum absolute atomic E-state index is 13.4. The lowest BCUT2D eigenvalue weighted by atomic mass is 9.89. The summed E-state index contributed by atoms with van der Waals surface area (Å²) < 4.78 is 16.6. The maximum atomic E-state index is 13.4. The molecule has 0 radical (unpaired) electrons. The largest absolute Gasteiger partial charge is 0.507 e. The van der Waals surface area contributed by atoms with Crippen LogP contribution in [0.1, 0.15) is 81.5 Å². The van der Waals surface area contributed by atoms with E-state index in [-0.39, 0.29) is 33.8 Å². The Morgan fingerprint density at radius 3 is 1.49 bits per heavy atom. The smallest absolute Gasteiger partial charge is 0.344 e. The molecule has 8 heteroatoms. The third-order valence-corrected chi connectivity index (χ3v) is 6.35. The van der Waals surface area contributed by atoms with Gasteiger partial charge in [-0.2, -0.15) is 0 Å². The van der Waals surface area contributed by atoms with Crippen LogP contribution >= 0.6 is 0 Å². The van der Waals surface area contributed by atoms with Crippen molar-refractivity contribution in [1.82, 2.24) is 0 Å². The monoisotopic (exact) mass is 506 g/mol. The Bertz CT molecular complexity index is 1510. The van der Waals surface area contributed by atoms with Gasteiger partial charge in [-0.1, -0.05) is 52.0 Å². The van der Waals surface area contributed by atoms with Gasteiger partial charge < -0.3 is 23.8 Å². The van der Waals surface area contributed by atoms with Gasteiger partial charge in [-0.15, -0.1) is 0 Å². The number of carbonyl (C=O) groups excluding carboxylic acids is 1. The Morgan fingerprint density at radius 1 is 0.730 bits per heavy atom. The average Bonchev–Trinajstić information content (AvgIpc) is 2.81. The third kappa shape index (κ3) is 4.48. The zero-order valence-electron chi connectivity index (χ0n) is 21.6. The van der Waals surface area contributed by atoms with E-state index >= 15 is 0 Å². The first-order chi connectivity index (χ1) is 17.4. The lowest BCUT2D eigenvalue weighted by Crippen LogP contribution is -2.29. The summed E-state index contributed by atoms with van der Waals surface area (Å²) in [5.41, 5.74) is -1.36. The minimum Gasteiger partial charge on any atom is -0.507 e. The van der Waals surface area contributed by atoms with Crippen molar-refractivity contribution in [2.75, 3.05) is 0 Å². The maximum Gasteiger partial charge on any atom is 0.344 e. The number of hydrogen-bond acceptors (Lipinski definition) is 8. The highest BCUT2D eigenvalue weighted by molar-refractivity contribution is 5.94. The molecule has 0 aliphatic rings. The van der Waals surface area contributed by atoms with Crippen LogP contribution in [0.15, 0.2) is 54.8 Å². The fraction of sp³-hybridized carbons (Fsp3) is 0.345. The van der Waals surface area contributed by atoms with Gasteiger partial charge in [0.05, 0.1) is 28.0 Å². The molecule has 2 aromatic heterocycles. The van der Waals surface area contributed by atoms with Gasteiger partial charge in [-0.05, 0) is 48.9 Å². The summed E-state index contributed by atoms with van der Waals surface area (Å²) in [6.07, 6.45) is -0.612. The summed E-state index contributed by atoms with van der Waals surface area (Å²) in [5.74, 6) is -3.92. The predicted molar refractivity (Wildman–Crippen MR) is 140 cm³/mol. The molecule has 0 unspecified atom stereocenters. The zero-order valence-corrected chi connectivity index (χ0v) is 21.6. The first kappa shape index (κ1) is 26.0. The fourth-order valence-electron chi connectivity index (χ4n) is 4.59. The van der Waals surface area contributed by atoms with Gasteiger partial charge in [0.15, 0.2) is 0 Å². The Kier molecular flexibility index (Phi) is 6.86. The molecule has 0 amide bonds. The molecular formula is C29H30O8. The van der Waals surface area contributed by atoms with Gasteiger partial charge in [0.1, 0.15) is 28.6 Å². The molecule has 37 heavy (non-hydrogen) atoms. The number of rotatable bonds is 6. The highest BCUT2D eigenvalue weighted by atomic mass is 16.5. The van der Waals surface area contributed by atoms with Crippen LogP contribution in [0.5, 0.6) is 11.5 Å². The van der Waals surface area contributed by atoms with Gasteiger partial charge in [0, 0.05) is 0 Å². The van der Waals surface area contributed by atoms with Crippen LogP contribution in [0.25, 0.3) is 21.9 Å². The number of fused-ring (bicyclic) bond motifs is 2. The zero-order chi connectivity index (χ0) is 27.2. The molecule has 2 N–H and O–H groups in total. The summed E-state index contributed by atoms with van der Waals surface area (Å²) in [4.78, 5) is 40.0. The lowest BCUT2D eigenvalue weighted by molar-refractivity contribution is -0.148. The summed E-state index contributed by atoms with van der Waals surface area (Å²) in [5, 5.41) is 22.9. The molecule has 0 spiro atoms. The second kappa shape index (κ2) is 9.76. The van der Waals surface area contributed by atoms with Crippen molar-refractivity contribution in [3.63, 3.8) is 0 Å². The molecular weight excluding hydrogens is 476 g/mol. The number of ether oxygens (including phenoxy) is 1. The topological polar surface area (TPSA) is 127 Å². The Hall–Kier alpha value is -4.07. The average molecular weight is 507 g/mol.